The first-order valence-corrected chi connectivity index (χ1v) is 18.8. The standard InChI is InChI=1S/C34H48FN7O5S2.4H2/c1-6-29(19-47-21-36-17-24-7-8-24)37-18-30(16-31-20-48-22-38-31)40-34(44)27-13-26(14-32(15-27)42(5)49(45,46)41(3)4)33(43)39-23(2)25-9-11-28(35)12-10-25;;;;/h9-15,20,22-24,29-30,36-37H,6-8,16-19,21H2,1-5H3,(H,39,43)(H,40,44);4*1H/t23-,29+,30+;;;;/m1..../s1. The summed E-state index contributed by atoms with van der Waals surface area (Å²) in [7, 11) is 0.215. The highest BCUT2D eigenvalue weighted by molar-refractivity contribution is 7.90. The van der Waals surface area contributed by atoms with Crippen LogP contribution in [-0.2, 0) is 21.4 Å². The number of ether oxygens (including phenoxy) is 1. The molecule has 0 saturated heterocycles. The van der Waals surface area contributed by atoms with Crippen molar-refractivity contribution in [2.24, 2.45) is 5.92 Å². The fraction of sp³-hybridized carbons (Fsp3) is 0.500. The van der Waals surface area contributed by atoms with E-state index in [-0.39, 0.29) is 34.6 Å². The highest BCUT2D eigenvalue weighted by Gasteiger charge is 2.25. The van der Waals surface area contributed by atoms with Crippen LogP contribution in [0.25, 0.3) is 0 Å². The van der Waals surface area contributed by atoms with Gasteiger partial charge in [-0.1, -0.05) is 19.1 Å². The fourth-order valence-electron chi connectivity index (χ4n) is 5.07. The summed E-state index contributed by atoms with van der Waals surface area (Å²) in [6, 6.07) is 9.26. The number of nitrogens with one attached hydrogen (secondary N) is 4. The topological polar surface area (TPSA) is 145 Å². The fourth-order valence-corrected chi connectivity index (χ4v) is 6.50. The molecule has 1 saturated carbocycles. The Bertz CT molecular complexity index is 1640. The lowest BCUT2D eigenvalue weighted by Gasteiger charge is -2.25. The van der Waals surface area contributed by atoms with Crippen molar-refractivity contribution in [1.29, 1.82) is 0 Å². The number of thiazole rings is 1. The second-order valence-electron chi connectivity index (χ2n) is 12.6. The van der Waals surface area contributed by atoms with E-state index in [4.69, 9.17) is 4.74 Å². The maximum Gasteiger partial charge on any atom is 0.303 e. The molecule has 3 aromatic rings. The van der Waals surface area contributed by atoms with Gasteiger partial charge < -0.3 is 20.7 Å². The molecule has 276 valence electrons. The van der Waals surface area contributed by atoms with Crippen molar-refractivity contribution in [2.45, 2.75) is 57.7 Å². The highest BCUT2D eigenvalue weighted by Crippen LogP contribution is 2.27. The number of aromatic nitrogens is 1. The van der Waals surface area contributed by atoms with Crippen LogP contribution in [0.5, 0.6) is 0 Å². The molecule has 1 heterocycles. The Morgan fingerprint density at radius 2 is 1.73 bits per heavy atom. The van der Waals surface area contributed by atoms with E-state index in [0.717, 1.165) is 33.2 Å². The van der Waals surface area contributed by atoms with E-state index < -0.39 is 33.9 Å². The summed E-state index contributed by atoms with van der Waals surface area (Å²) >= 11 is 1.47. The molecule has 1 aliphatic carbocycles. The van der Waals surface area contributed by atoms with Crippen LogP contribution in [0, 0.1) is 11.7 Å². The normalized spacial score (nSPS) is 15.1. The van der Waals surface area contributed by atoms with Crippen LogP contribution in [0.3, 0.4) is 0 Å². The number of halogens is 1. The molecule has 1 aromatic heterocycles. The van der Waals surface area contributed by atoms with Crippen LogP contribution < -0.4 is 25.6 Å². The molecule has 49 heavy (non-hydrogen) atoms. The van der Waals surface area contributed by atoms with E-state index in [2.05, 4.69) is 33.2 Å². The van der Waals surface area contributed by atoms with Crippen LogP contribution in [0.2, 0.25) is 0 Å². The number of carbonyl (C=O) groups is 2. The van der Waals surface area contributed by atoms with E-state index in [9.17, 15) is 22.4 Å². The number of carbonyl (C=O) groups excluding carboxylic acids is 2. The predicted octanol–water partition coefficient (Wildman–Crippen LogP) is 4.68. The average Bonchev–Trinajstić information content (AvgIpc) is 3.77. The lowest BCUT2D eigenvalue weighted by Crippen LogP contribution is -2.47. The summed E-state index contributed by atoms with van der Waals surface area (Å²) < 4.78 is 47.5. The summed E-state index contributed by atoms with van der Waals surface area (Å²) in [6.07, 6.45) is 3.84. The highest BCUT2D eigenvalue weighted by atomic mass is 32.2. The zero-order valence-corrected chi connectivity index (χ0v) is 30.4. The Labute approximate surface area is 298 Å². The van der Waals surface area contributed by atoms with Gasteiger partial charge in [-0.25, -0.2) is 9.37 Å². The molecule has 4 rings (SSSR count). The van der Waals surface area contributed by atoms with Crippen molar-refractivity contribution in [3.63, 3.8) is 0 Å². The minimum atomic E-state index is -3.94. The van der Waals surface area contributed by atoms with Gasteiger partial charge in [0.2, 0.25) is 0 Å². The average molecular weight is 726 g/mol. The number of amides is 2. The van der Waals surface area contributed by atoms with E-state index in [1.165, 1.54) is 75.7 Å². The van der Waals surface area contributed by atoms with Gasteiger partial charge >= 0.3 is 10.2 Å². The Balaban J connectivity index is 0.00000676. The maximum absolute atomic E-state index is 13.9. The molecule has 2 amide bonds. The summed E-state index contributed by atoms with van der Waals surface area (Å²) in [5.74, 6) is -0.628. The lowest BCUT2D eigenvalue weighted by molar-refractivity contribution is 0.0901. The van der Waals surface area contributed by atoms with E-state index in [1.54, 1.807) is 24.6 Å². The van der Waals surface area contributed by atoms with E-state index >= 15 is 0 Å². The molecule has 3 atom stereocenters. The molecule has 0 bridgehead atoms. The predicted molar refractivity (Wildman–Crippen MR) is 199 cm³/mol. The number of rotatable bonds is 20. The molecule has 1 aliphatic rings. The lowest BCUT2D eigenvalue weighted by atomic mass is 10.0. The summed E-state index contributed by atoms with van der Waals surface area (Å²) in [5, 5.41) is 14.7. The van der Waals surface area contributed by atoms with Gasteiger partial charge in [-0.3, -0.25) is 19.2 Å². The molecule has 1 fully saturated rings. The third kappa shape index (κ3) is 11.5. The SMILES string of the molecule is CC[C@@H](COCNCC1CC1)NC[C@H](Cc1cscn1)NC(=O)c1cc(C(=O)N[C@H](C)c2ccc(F)cc2)cc(N(C)S(=O)(=O)N(C)C)c1.[HH].[HH].[HH].[HH]. The third-order valence-corrected chi connectivity index (χ3v) is 10.9. The van der Waals surface area contributed by atoms with Gasteiger partial charge in [-0.05, 0) is 68.0 Å². The molecular formula is C34H56FN7O5S2. The second kappa shape index (κ2) is 18.0. The Morgan fingerprint density at radius 3 is 2.33 bits per heavy atom. The molecule has 12 nitrogen and oxygen atoms in total. The van der Waals surface area contributed by atoms with Crippen molar-refractivity contribution in [3.05, 3.63) is 81.6 Å². The van der Waals surface area contributed by atoms with Crippen molar-refractivity contribution in [1.82, 2.24) is 30.6 Å². The van der Waals surface area contributed by atoms with Crippen molar-refractivity contribution < 1.29 is 32.8 Å². The first kappa shape index (κ1) is 38.3. The number of hydrogen-bond donors (Lipinski definition) is 4. The Morgan fingerprint density at radius 1 is 1.06 bits per heavy atom. The van der Waals surface area contributed by atoms with Crippen LogP contribution >= 0.6 is 11.3 Å². The molecule has 0 unspecified atom stereocenters. The van der Waals surface area contributed by atoms with E-state index in [0.29, 0.717) is 31.9 Å². The maximum atomic E-state index is 13.9. The van der Waals surface area contributed by atoms with Gasteiger partial charge in [-0.2, -0.15) is 12.7 Å². The van der Waals surface area contributed by atoms with E-state index in [1.807, 2.05) is 5.38 Å². The summed E-state index contributed by atoms with van der Waals surface area (Å²) in [4.78, 5) is 31.8. The van der Waals surface area contributed by atoms with Gasteiger partial charge in [0.1, 0.15) is 5.82 Å². The molecule has 4 N–H and O–H groups in total. The number of anilines is 1. The molecule has 0 radical (unpaired) electrons. The first-order valence-electron chi connectivity index (χ1n) is 16.4. The van der Waals surface area contributed by atoms with Crippen molar-refractivity contribution in [2.75, 3.05) is 51.9 Å². The van der Waals surface area contributed by atoms with Crippen molar-refractivity contribution >= 4 is 39.0 Å². The summed E-state index contributed by atoms with van der Waals surface area (Å²) in [6.45, 7) is 6.22. The Hall–Kier alpha value is -3.47. The minimum Gasteiger partial charge on any atom is -0.365 e. The summed E-state index contributed by atoms with van der Waals surface area (Å²) in [5.41, 5.74) is 3.57. The second-order valence-corrected chi connectivity index (χ2v) is 15.4. The molecule has 2 aromatic carbocycles. The van der Waals surface area contributed by atoms with Crippen LogP contribution in [0.1, 0.15) is 76.8 Å². The minimum absolute atomic E-state index is 0. The number of benzene rings is 2. The van der Waals surface area contributed by atoms with Gasteiger partial charge in [0, 0.05) is 75.0 Å². The molecule has 0 spiro atoms. The third-order valence-electron chi connectivity index (χ3n) is 8.40. The number of nitrogens with zero attached hydrogens (tertiary/aromatic N) is 3. The Kier molecular flexibility index (Phi) is 14.1. The van der Waals surface area contributed by atoms with Crippen LogP contribution in [0.4, 0.5) is 10.1 Å². The zero-order chi connectivity index (χ0) is 35.6. The van der Waals surface area contributed by atoms with Crippen LogP contribution in [-0.4, -0.2) is 89.2 Å². The smallest absolute Gasteiger partial charge is 0.303 e. The van der Waals surface area contributed by atoms with Crippen molar-refractivity contribution in [3.8, 4) is 0 Å². The van der Waals surface area contributed by atoms with Gasteiger partial charge in [0.15, 0.2) is 0 Å². The molecule has 0 aliphatic heterocycles. The molecular weight excluding hydrogens is 670 g/mol. The van der Waals surface area contributed by atoms with Gasteiger partial charge in [0.05, 0.1) is 36.3 Å². The quantitative estimate of drug-likeness (QED) is 0.0971. The zero-order valence-electron chi connectivity index (χ0n) is 28.7. The van der Waals surface area contributed by atoms with Gasteiger partial charge in [-0.15, -0.1) is 11.3 Å². The van der Waals surface area contributed by atoms with Gasteiger partial charge in [0.25, 0.3) is 11.8 Å². The van der Waals surface area contributed by atoms with Crippen LogP contribution in [0.15, 0.2) is 53.4 Å². The largest absolute Gasteiger partial charge is 0.365 e. The molecule has 15 heteroatoms. The monoisotopic (exact) mass is 725 g/mol. The number of hydrogen-bond acceptors (Lipinski definition) is 9. The first-order chi connectivity index (χ1) is 23.4.